The molecule has 0 aliphatic heterocycles. The first-order valence-electron chi connectivity index (χ1n) is 6.27. The summed E-state index contributed by atoms with van der Waals surface area (Å²) in [5, 5.41) is 9.25. The summed E-state index contributed by atoms with van der Waals surface area (Å²) in [7, 11) is 0. The number of anilines is 1. The van der Waals surface area contributed by atoms with Crippen LogP contribution in [0.15, 0.2) is 22.7 Å². The van der Waals surface area contributed by atoms with E-state index in [2.05, 4.69) is 41.6 Å². The largest absolute Gasteiger partial charge is 0.478 e. The fraction of sp³-hybridized carbons (Fsp3) is 0.500. The van der Waals surface area contributed by atoms with Crippen LogP contribution >= 0.6 is 15.9 Å². The van der Waals surface area contributed by atoms with E-state index in [1.54, 1.807) is 12.1 Å². The molecule has 1 aromatic rings. The van der Waals surface area contributed by atoms with Gasteiger partial charge in [-0.15, -0.1) is 0 Å². The van der Waals surface area contributed by atoms with Gasteiger partial charge in [-0.3, -0.25) is 0 Å². The zero-order chi connectivity index (χ0) is 13.7. The molecule has 0 radical (unpaired) electrons. The van der Waals surface area contributed by atoms with Crippen LogP contribution in [0, 0.1) is 5.92 Å². The highest BCUT2D eigenvalue weighted by molar-refractivity contribution is 9.10. The number of nitrogens with zero attached hydrogens (tertiary/aromatic N) is 1. The van der Waals surface area contributed by atoms with Crippen molar-refractivity contribution < 1.29 is 9.90 Å². The lowest BCUT2D eigenvalue weighted by Gasteiger charge is -2.27. The maximum absolute atomic E-state index is 11.3. The molecule has 0 heterocycles. The first-order chi connectivity index (χ1) is 8.49. The summed E-state index contributed by atoms with van der Waals surface area (Å²) in [5.74, 6) is -0.328. The van der Waals surface area contributed by atoms with Gasteiger partial charge in [-0.05, 0) is 31.0 Å². The molecule has 4 heteroatoms. The van der Waals surface area contributed by atoms with Gasteiger partial charge in [0.2, 0.25) is 0 Å². The molecule has 1 rings (SSSR count). The number of benzene rings is 1. The first-order valence-corrected chi connectivity index (χ1v) is 7.06. The van der Waals surface area contributed by atoms with E-state index in [1.807, 2.05) is 6.07 Å². The number of carboxylic acid groups (broad SMARTS) is 1. The summed E-state index contributed by atoms with van der Waals surface area (Å²) < 4.78 is 0.908. The second-order valence-electron chi connectivity index (χ2n) is 4.52. The predicted molar refractivity (Wildman–Crippen MR) is 78.4 cm³/mol. The predicted octanol–water partition coefficient (Wildman–Crippen LogP) is 4.02. The number of rotatable bonds is 6. The van der Waals surface area contributed by atoms with Crippen LogP contribution < -0.4 is 4.90 Å². The molecule has 100 valence electrons. The Bertz CT molecular complexity index is 420. The second-order valence-corrected chi connectivity index (χ2v) is 5.43. The van der Waals surface area contributed by atoms with Crippen molar-refractivity contribution in [3.63, 3.8) is 0 Å². The molecule has 0 bridgehead atoms. The standard InChI is InChI=1S/C14H20BrNO2/c1-4-10(3)9-16(5-2)13-8-11(15)6-7-12(13)14(17)18/h6-8,10H,4-5,9H2,1-3H3,(H,17,18). The van der Waals surface area contributed by atoms with E-state index in [1.165, 1.54) is 0 Å². The van der Waals surface area contributed by atoms with Crippen LogP contribution in [0.2, 0.25) is 0 Å². The van der Waals surface area contributed by atoms with Gasteiger partial charge in [0, 0.05) is 17.6 Å². The van der Waals surface area contributed by atoms with Gasteiger partial charge >= 0.3 is 5.97 Å². The number of hydrogen-bond donors (Lipinski definition) is 1. The van der Waals surface area contributed by atoms with Crippen molar-refractivity contribution in [1.82, 2.24) is 0 Å². The maximum Gasteiger partial charge on any atom is 0.337 e. The molecule has 0 aromatic heterocycles. The summed E-state index contributed by atoms with van der Waals surface area (Å²) in [6.07, 6.45) is 1.09. The number of halogens is 1. The molecule has 1 aromatic carbocycles. The molecule has 0 amide bonds. The van der Waals surface area contributed by atoms with Crippen LogP contribution in [-0.2, 0) is 0 Å². The number of carboxylic acids is 1. The van der Waals surface area contributed by atoms with Gasteiger partial charge < -0.3 is 10.0 Å². The van der Waals surface area contributed by atoms with Gasteiger partial charge in [0.25, 0.3) is 0 Å². The summed E-state index contributed by atoms with van der Waals surface area (Å²) in [4.78, 5) is 13.4. The van der Waals surface area contributed by atoms with Crippen LogP contribution in [0.1, 0.15) is 37.6 Å². The van der Waals surface area contributed by atoms with Gasteiger partial charge in [-0.1, -0.05) is 36.2 Å². The molecular formula is C14H20BrNO2. The van der Waals surface area contributed by atoms with E-state index in [0.29, 0.717) is 11.5 Å². The third-order valence-corrected chi connectivity index (χ3v) is 3.63. The molecule has 1 N–H and O–H groups in total. The fourth-order valence-corrected chi connectivity index (χ4v) is 2.20. The van der Waals surface area contributed by atoms with Crippen molar-refractivity contribution in [3.05, 3.63) is 28.2 Å². The average Bonchev–Trinajstić information content (AvgIpc) is 2.35. The van der Waals surface area contributed by atoms with E-state index in [4.69, 9.17) is 0 Å². The molecule has 0 aliphatic rings. The van der Waals surface area contributed by atoms with E-state index >= 15 is 0 Å². The maximum atomic E-state index is 11.3. The summed E-state index contributed by atoms with van der Waals surface area (Å²) in [6.45, 7) is 8.07. The van der Waals surface area contributed by atoms with Crippen molar-refractivity contribution >= 4 is 27.6 Å². The minimum atomic E-state index is -0.875. The van der Waals surface area contributed by atoms with Crippen molar-refractivity contribution in [2.24, 2.45) is 5.92 Å². The van der Waals surface area contributed by atoms with Gasteiger partial charge in [-0.25, -0.2) is 4.79 Å². The molecule has 0 saturated heterocycles. The minimum absolute atomic E-state index is 0.364. The normalized spacial score (nSPS) is 12.2. The molecule has 0 fully saturated rings. The van der Waals surface area contributed by atoms with Gasteiger partial charge in [0.05, 0.1) is 11.3 Å². The molecule has 0 aliphatic carbocycles. The highest BCUT2D eigenvalue weighted by atomic mass is 79.9. The Morgan fingerprint density at radius 3 is 2.61 bits per heavy atom. The second kappa shape index (κ2) is 6.78. The zero-order valence-electron chi connectivity index (χ0n) is 11.1. The Kier molecular flexibility index (Phi) is 5.66. The van der Waals surface area contributed by atoms with E-state index in [0.717, 1.165) is 29.7 Å². The quantitative estimate of drug-likeness (QED) is 0.862. The monoisotopic (exact) mass is 313 g/mol. The SMILES string of the molecule is CCC(C)CN(CC)c1cc(Br)ccc1C(=O)O. The Labute approximate surface area is 117 Å². The Hall–Kier alpha value is -1.03. The van der Waals surface area contributed by atoms with Gasteiger partial charge in [0.15, 0.2) is 0 Å². The lowest BCUT2D eigenvalue weighted by atomic mass is 10.1. The van der Waals surface area contributed by atoms with Gasteiger partial charge in [-0.2, -0.15) is 0 Å². The summed E-state index contributed by atoms with van der Waals surface area (Å²) in [5.41, 5.74) is 1.16. The van der Waals surface area contributed by atoms with Crippen molar-refractivity contribution in [2.75, 3.05) is 18.0 Å². The van der Waals surface area contributed by atoms with Crippen molar-refractivity contribution in [1.29, 1.82) is 0 Å². The van der Waals surface area contributed by atoms with E-state index in [9.17, 15) is 9.90 Å². The summed E-state index contributed by atoms with van der Waals surface area (Å²) in [6, 6.07) is 5.31. The summed E-state index contributed by atoms with van der Waals surface area (Å²) >= 11 is 3.41. The van der Waals surface area contributed by atoms with Crippen LogP contribution in [0.3, 0.4) is 0 Å². The zero-order valence-corrected chi connectivity index (χ0v) is 12.7. The first kappa shape index (κ1) is 15.0. The lowest BCUT2D eigenvalue weighted by Crippen LogP contribution is -2.29. The lowest BCUT2D eigenvalue weighted by molar-refractivity contribution is 0.0697. The Balaban J connectivity index is 3.10. The average molecular weight is 314 g/mol. The molecule has 0 spiro atoms. The smallest absolute Gasteiger partial charge is 0.337 e. The number of aromatic carboxylic acids is 1. The molecule has 0 saturated carbocycles. The molecule has 3 nitrogen and oxygen atoms in total. The fourth-order valence-electron chi connectivity index (χ4n) is 1.85. The van der Waals surface area contributed by atoms with E-state index in [-0.39, 0.29) is 0 Å². The Morgan fingerprint density at radius 1 is 1.44 bits per heavy atom. The highest BCUT2D eigenvalue weighted by Crippen LogP contribution is 2.26. The molecular weight excluding hydrogens is 294 g/mol. The van der Waals surface area contributed by atoms with Crippen molar-refractivity contribution in [2.45, 2.75) is 27.2 Å². The third kappa shape index (κ3) is 3.73. The Morgan fingerprint density at radius 2 is 2.11 bits per heavy atom. The number of hydrogen-bond acceptors (Lipinski definition) is 2. The van der Waals surface area contributed by atoms with Crippen LogP contribution in [0.5, 0.6) is 0 Å². The van der Waals surface area contributed by atoms with Crippen LogP contribution in [0.4, 0.5) is 5.69 Å². The molecule has 1 atom stereocenters. The van der Waals surface area contributed by atoms with Crippen LogP contribution in [0.25, 0.3) is 0 Å². The van der Waals surface area contributed by atoms with E-state index < -0.39 is 5.97 Å². The highest BCUT2D eigenvalue weighted by Gasteiger charge is 2.16. The molecule has 1 unspecified atom stereocenters. The minimum Gasteiger partial charge on any atom is -0.478 e. The van der Waals surface area contributed by atoms with Crippen LogP contribution in [-0.4, -0.2) is 24.2 Å². The third-order valence-electron chi connectivity index (χ3n) is 3.14. The number of carbonyl (C=O) groups is 1. The molecule has 18 heavy (non-hydrogen) atoms. The topological polar surface area (TPSA) is 40.5 Å². The van der Waals surface area contributed by atoms with Crippen molar-refractivity contribution in [3.8, 4) is 0 Å². The van der Waals surface area contributed by atoms with Gasteiger partial charge in [0.1, 0.15) is 0 Å².